The Labute approximate surface area is 54.7 Å². The van der Waals surface area contributed by atoms with E-state index in [9.17, 15) is 5.11 Å². The first-order valence-electron chi connectivity index (χ1n) is 3.31. The summed E-state index contributed by atoms with van der Waals surface area (Å²) in [5.74, 6) is 0. The average molecular weight is 131 g/mol. The Morgan fingerprint density at radius 1 is 1.56 bits per heavy atom. The minimum atomic E-state index is -0.835. The summed E-state index contributed by atoms with van der Waals surface area (Å²) in [6.45, 7) is 1.37. The van der Waals surface area contributed by atoms with Gasteiger partial charge >= 0.3 is 0 Å². The van der Waals surface area contributed by atoms with E-state index in [1.165, 1.54) is 0 Å². The van der Waals surface area contributed by atoms with Crippen LogP contribution in [0.15, 0.2) is 0 Å². The van der Waals surface area contributed by atoms with Gasteiger partial charge in [0.2, 0.25) is 0 Å². The highest BCUT2D eigenvalue weighted by Gasteiger charge is 2.27. The highest BCUT2D eigenvalue weighted by Crippen LogP contribution is 2.13. The summed E-state index contributed by atoms with van der Waals surface area (Å²) < 4.78 is 0. The van der Waals surface area contributed by atoms with Crippen molar-refractivity contribution in [1.29, 1.82) is 0 Å². The highest BCUT2D eigenvalue weighted by molar-refractivity contribution is 4.83. The molecule has 0 aliphatic carbocycles. The second-order valence-corrected chi connectivity index (χ2v) is 2.66. The fraction of sp³-hybridized carbons (Fsp3) is 1.00. The van der Waals surface area contributed by atoms with Gasteiger partial charge in [-0.05, 0) is 19.4 Å². The highest BCUT2D eigenvalue weighted by atomic mass is 16.3. The van der Waals surface area contributed by atoms with Gasteiger partial charge in [-0.25, -0.2) is 0 Å². The molecule has 0 bridgehead atoms. The van der Waals surface area contributed by atoms with Crippen molar-refractivity contribution in [3.05, 3.63) is 0 Å². The quantitative estimate of drug-likeness (QED) is 0.432. The van der Waals surface area contributed by atoms with Crippen molar-refractivity contribution < 1.29 is 10.2 Å². The van der Waals surface area contributed by atoms with E-state index in [4.69, 9.17) is 5.11 Å². The fourth-order valence-corrected chi connectivity index (χ4v) is 1.09. The third-order valence-corrected chi connectivity index (χ3v) is 1.74. The van der Waals surface area contributed by atoms with Crippen molar-refractivity contribution in [2.75, 3.05) is 19.7 Å². The Balaban J connectivity index is 2.37. The molecule has 0 aromatic carbocycles. The van der Waals surface area contributed by atoms with Crippen LogP contribution in [0.3, 0.4) is 0 Å². The van der Waals surface area contributed by atoms with Gasteiger partial charge in [0.1, 0.15) is 5.60 Å². The largest absolute Gasteiger partial charge is 0.393 e. The number of nitrogens with one attached hydrogen (secondary N) is 1. The average Bonchev–Trinajstić information content (AvgIpc) is 1.90. The minimum Gasteiger partial charge on any atom is -0.393 e. The van der Waals surface area contributed by atoms with Gasteiger partial charge < -0.3 is 15.5 Å². The fourth-order valence-electron chi connectivity index (χ4n) is 1.09. The molecule has 1 unspecified atom stereocenters. The van der Waals surface area contributed by atoms with E-state index in [1.807, 2.05) is 0 Å². The van der Waals surface area contributed by atoms with Gasteiger partial charge in [0.15, 0.2) is 0 Å². The molecule has 0 aromatic heterocycles. The summed E-state index contributed by atoms with van der Waals surface area (Å²) in [4.78, 5) is 0. The first-order chi connectivity index (χ1) is 4.27. The van der Waals surface area contributed by atoms with E-state index in [1.54, 1.807) is 0 Å². The molecule has 0 spiro atoms. The van der Waals surface area contributed by atoms with Crippen LogP contribution in [0.25, 0.3) is 0 Å². The van der Waals surface area contributed by atoms with Crippen LogP contribution < -0.4 is 5.32 Å². The lowest BCUT2D eigenvalue weighted by Crippen LogP contribution is -2.48. The summed E-state index contributed by atoms with van der Waals surface area (Å²) in [7, 11) is 0. The van der Waals surface area contributed by atoms with Crippen LogP contribution in [0.2, 0.25) is 0 Å². The van der Waals surface area contributed by atoms with Crippen LogP contribution >= 0.6 is 0 Å². The van der Waals surface area contributed by atoms with Crippen LogP contribution in [0, 0.1) is 0 Å². The van der Waals surface area contributed by atoms with E-state index in [2.05, 4.69) is 5.32 Å². The predicted octanol–water partition coefficient (Wildman–Crippen LogP) is -0.907. The maximum atomic E-state index is 9.37. The van der Waals surface area contributed by atoms with E-state index in [-0.39, 0.29) is 6.61 Å². The third kappa shape index (κ3) is 1.64. The Hall–Kier alpha value is -0.120. The summed E-state index contributed by atoms with van der Waals surface area (Å²) >= 11 is 0. The normalized spacial score (nSPS) is 36.7. The number of β-amino-alcohol motifs (C(OH)–C–C–N with tert-alkyl or cyclic N) is 1. The van der Waals surface area contributed by atoms with Gasteiger partial charge in [0, 0.05) is 6.54 Å². The molecule has 9 heavy (non-hydrogen) atoms. The molecule has 0 aromatic rings. The number of piperidine rings is 1. The molecule has 0 radical (unpaired) electrons. The van der Waals surface area contributed by atoms with Crippen LogP contribution in [-0.4, -0.2) is 35.5 Å². The van der Waals surface area contributed by atoms with Crippen molar-refractivity contribution in [2.45, 2.75) is 18.4 Å². The molecule has 0 saturated carbocycles. The van der Waals surface area contributed by atoms with Crippen LogP contribution in [0.4, 0.5) is 0 Å². The van der Waals surface area contributed by atoms with Crippen molar-refractivity contribution >= 4 is 0 Å². The monoisotopic (exact) mass is 131 g/mol. The molecule has 1 atom stereocenters. The number of hydrogen-bond donors (Lipinski definition) is 3. The van der Waals surface area contributed by atoms with Gasteiger partial charge in [-0.1, -0.05) is 0 Å². The Kier molecular flexibility index (Phi) is 2.05. The number of aliphatic hydroxyl groups excluding tert-OH is 1. The third-order valence-electron chi connectivity index (χ3n) is 1.74. The van der Waals surface area contributed by atoms with E-state index in [0.29, 0.717) is 6.54 Å². The van der Waals surface area contributed by atoms with Crippen molar-refractivity contribution in [3.63, 3.8) is 0 Å². The molecule has 1 fully saturated rings. The SMILES string of the molecule is OCC1(O)CCCNC1. The molecule has 1 aliphatic heterocycles. The topological polar surface area (TPSA) is 52.5 Å². The number of aliphatic hydroxyl groups is 2. The maximum absolute atomic E-state index is 9.37. The molecule has 3 nitrogen and oxygen atoms in total. The zero-order valence-electron chi connectivity index (χ0n) is 5.43. The standard InChI is InChI=1S/C6H13NO2/c8-5-6(9)2-1-3-7-4-6/h7-9H,1-5H2. The summed E-state index contributed by atoms with van der Waals surface area (Å²) in [5, 5.41) is 21.0. The Morgan fingerprint density at radius 3 is 2.67 bits per heavy atom. The summed E-state index contributed by atoms with van der Waals surface area (Å²) in [6.07, 6.45) is 1.67. The van der Waals surface area contributed by atoms with Crippen molar-refractivity contribution in [2.24, 2.45) is 0 Å². The van der Waals surface area contributed by atoms with Crippen LogP contribution in [0.5, 0.6) is 0 Å². The molecular formula is C6H13NO2. The molecule has 54 valence electrons. The molecule has 1 saturated heterocycles. The molecule has 1 heterocycles. The summed E-state index contributed by atoms with van der Waals surface area (Å²) in [6, 6.07) is 0. The van der Waals surface area contributed by atoms with E-state index < -0.39 is 5.60 Å². The second kappa shape index (κ2) is 2.64. The lowest BCUT2D eigenvalue weighted by molar-refractivity contribution is -0.0313. The smallest absolute Gasteiger partial charge is 0.100 e. The van der Waals surface area contributed by atoms with Gasteiger partial charge in [0.25, 0.3) is 0 Å². The molecule has 3 heteroatoms. The lowest BCUT2D eigenvalue weighted by Gasteiger charge is -2.30. The van der Waals surface area contributed by atoms with E-state index in [0.717, 1.165) is 19.4 Å². The Morgan fingerprint density at radius 2 is 2.33 bits per heavy atom. The van der Waals surface area contributed by atoms with Crippen molar-refractivity contribution in [1.82, 2.24) is 5.32 Å². The first kappa shape index (κ1) is 6.99. The molecule has 0 amide bonds. The van der Waals surface area contributed by atoms with Gasteiger partial charge in [-0.2, -0.15) is 0 Å². The molecular weight excluding hydrogens is 118 g/mol. The predicted molar refractivity (Wildman–Crippen MR) is 34.1 cm³/mol. The number of hydrogen-bond acceptors (Lipinski definition) is 3. The van der Waals surface area contributed by atoms with Gasteiger partial charge in [-0.3, -0.25) is 0 Å². The maximum Gasteiger partial charge on any atom is 0.100 e. The van der Waals surface area contributed by atoms with E-state index >= 15 is 0 Å². The zero-order valence-corrected chi connectivity index (χ0v) is 5.43. The Bertz CT molecular complexity index is 89.1. The molecule has 1 aliphatic rings. The molecule has 1 rings (SSSR count). The zero-order chi connectivity index (χ0) is 6.74. The van der Waals surface area contributed by atoms with Crippen LogP contribution in [-0.2, 0) is 0 Å². The summed E-state index contributed by atoms with van der Waals surface area (Å²) in [5.41, 5.74) is -0.835. The van der Waals surface area contributed by atoms with Crippen LogP contribution in [0.1, 0.15) is 12.8 Å². The second-order valence-electron chi connectivity index (χ2n) is 2.66. The lowest BCUT2D eigenvalue weighted by atomic mass is 9.96. The first-order valence-corrected chi connectivity index (χ1v) is 3.31. The minimum absolute atomic E-state index is 0.125. The van der Waals surface area contributed by atoms with Crippen molar-refractivity contribution in [3.8, 4) is 0 Å². The van der Waals surface area contributed by atoms with Gasteiger partial charge in [0.05, 0.1) is 6.61 Å². The van der Waals surface area contributed by atoms with Gasteiger partial charge in [-0.15, -0.1) is 0 Å². The molecule has 3 N–H and O–H groups in total. The number of rotatable bonds is 1.